The number of pyridine rings is 2. The zero-order valence-electron chi connectivity index (χ0n) is 18.6. The Morgan fingerprint density at radius 3 is 2.25 bits per heavy atom. The number of halogens is 5. The summed E-state index contributed by atoms with van der Waals surface area (Å²) in [6.45, 7) is 1.14. The van der Waals surface area contributed by atoms with Crippen molar-refractivity contribution in [1.82, 2.24) is 9.55 Å². The van der Waals surface area contributed by atoms with Gasteiger partial charge in [0, 0.05) is 19.2 Å². The Morgan fingerprint density at radius 2 is 1.58 bits per heavy atom. The van der Waals surface area contributed by atoms with Gasteiger partial charge in [-0.25, -0.2) is 13.8 Å². The van der Waals surface area contributed by atoms with Crippen LogP contribution in [-0.4, -0.2) is 35.9 Å². The number of anilines is 3. The predicted molar refractivity (Wildman–Crippen MR) is 125 cm³/mol. The second-order valence-corrected chi connectivity index (χ2v) is 8.11. The average molecular weight is 502 g/mol. The number of ether oxygens (including phenoxy) is 1. The highest BCUT2D eigenvalue weighted by molar-refractivity contribution is 5.86. The van der Waals surface area contributed by atoms with E-state index in [1.807, 2.05) is 0 Å². The number of benzene rings is 2. The predicted octanol–water partition coefficient (Wildman–Crippen LogP) is 5.26. The third-order valence-electron chi connectivity index (χ3n) is 5.82. The summed E-state index contributed by atoms with van der Waals surface area (Å²) < 4.78 is 78.4. The van der Waals surface area contributed by atoms with Crippen molar-refractivity contribution in [3.63, 3.8) is 0 Å². The minimum atomic E-state index is -4.89. The molecule has 0 saturated carbocycles. The lowest BCUT2D eigenvalue weighted by Crippen LogP contribution is -2.37. The smallest absolute Gasteiger partial charge is 0.378 e. The molecule has 3 heterocycles. The van der Waals surface area contributed by atoms with Crippen LogP contribution in [0.4, 0.5) is 39.3 Å². The third kappa shape index (κ3) is 4.37. The quantitative estimate of drug-likeness (QED) is 0.386. The molecule has 0 amide bonds. The largest absolute Gasteiger partial charge is 0.417 e. The molecule has 2 aromatic carbocycles. The van der Waals surface area contributed by atoms with Crippen molar-refractivity contribution in [2.45, 2.75) is 6.18 Å². The zero-order valence-corrected chi connectivity index (χ0v) is 18.6. The molecule has 0 atom stereocenters. The van der Waals surface area contributed by atoms with E-state index in [9.17, 15) is 22.4 Å². The fraction of sp³-hybridized carbons (Fsp3) is 0.200. The standard InChI is InChI=1S/C25H19F5N4O2/c26-16-5-1-3-7-18(16)31-22-14-20(35)23-15(25(28,29)30)13-21(33-9-11-36-12-10-33)32-24(23)34(22)19-8-4-2-6-17(19)27/h1-8,13-14,31H,9-12H2. The first-order valence-electron chi connectivity index (χ1n) is 11.0. The number of rotatable bonds is 4. The van der Waals surface area contributed by atoms with Gasteiger partial charge < -0.3 is 15.0 Å². The van der Waals surface area contributed by atoms with Crippen LogP contribution < -0.4 is 15.6 Å². The monoisotopic (exact) mass is 502 g/mol. The van der Waals surface area contributed by atoms with Crippen LogP contribution in [0.2, 0.25) is 0 Å². The van der Waals surface area contributed by atoms with Crippen LogP contribution in [0.5, 0.6) is 0 Å². The minimum Gasteiger partial charge on any atom is -0.378 e. The van der Waals surface area contributed by atoms with Gasteiger partial charge in [-0.3, -0.25) is 9.36 Å². The number of para-hydroxylation sites is 2. The van der Waals surface area contributed by atoms with Gasteiger partial charge in [-0.2, -0.15) is 13.2 Å². The highest BCUT2D eigenvalue weighted by atomic mass is 19.4. The maximum Gasteiger partial charge on any atom is 0.417 e. The van der Waals surface area contributed by atoms with Crippen LogP contribution in [0.3, 0.4) is 0 Å². The first-order chi connectivity index (χ1) is 17.2. The SMILES string of the molecule is O=c1cc(Nc2ccccc2F)n(-c2ccccc2F)c2nc(N3CCOCC3)cc(C(F)(F)F)c12. The van der Waals surface area contributed by atoms with Crippen molar-refractivity contribution in [1.29, 1.82) is 0 Å². The number of hydrogen-bond donors (Lipinski definition) is 1. The summed E-state index contributed by atoms with van der Waals surface area (Å²) in [5.74, 6) is -1.63. The highest BCUT2D eigenvalue weighted by Gasteiger charge is 2.36. The second kappa shape index (κ2) is 9.23. The zero-order chi connectivity index (χ0) is 25.4. The van der Waals surface area contributed by atoms with Crippen molar-refractivity contribution in [3.8, 4) is 5.69 Å². The van der Waals surface area contributed by atoms with Gasteiger partial charge in [-0.05, 0) is 30.3 Å². The van der Waals surface area contributed by atoms with Crippen LogP contribution in [0.25, 0.3) is 16.7 Å². The number of nitrogens with zero attached hydrogens (tertiary/aromatic N) is 3. The average Bonchev–Trinajstić information content (AvgIpc) is 2.86. The molecule has 5 rings (SSSR count). The van der Waals surface area contributed by atoms with Gasteiger partial charge >= 0.3 is 6.18 Å². The Bertz CT molecular complexity index is 1500. The van der Waals surface area contributed by atoms with Gasteiger partial charge in [-0.1, -0.05) is 24.3 Å². The maximum atomic E-state index is 15.0. The Kier molecular flexibility index (Phi) is 6.09. The molecule has 1 aliphatic rings. The van der Waals surface area contributed by atoms with Gasteiger partial charge in [0.1, 0.15) is 23.3 Å². The molecule has 2 aromatic heterocycles. The molecule has 1 saturated heterocycles. The normalized spacial score (nSPS) is 14.3. The van der Waals surface area contributed by atoms with Crippen LogP contribution in [-0.2, 0) is 10.9 Å². The van der Waals surface area contributed by atoms with E-state index in [0.29, 0.717) is 0 Å². The van der Waals surface area contributed by atoms with Crippen LogP contribution in [0, 0.1) is 11.6 Å². The Morgan fingerprint density at radius 1 is 0.917 bits per heavy atom. The van der Waals surface area contributed by atoms with Crippen LogP contribution in [0.1, 0.15) is 5.56 Å². The summed E-state index contributed by atoms with van der Waals surface area (Å²) >= 11 is 0. The van der Waals surface area contributed by atoms with E-state index in [4.69, 9.17) is 4.74 Å². The number of aromatic nitrogens is 2. The molecule has 0 spiro atoms. The Labute approximate surface area is 201 Å². The summed E-state index contributed by atoms with van der Waals surface area (Å²) in [7, 11) is 0. The molecule has 1 fully saturated rings. The molecular weight excluding hydrogens is 483 g/mol. The van der Waals surface area contributed by atoms with Gasteiger partial charge in [-0.15, -0.1) is 0 Å². The fourth-order valence-electron chi connectivity index (χ4n) is 4.15. The van der Waals surface area contributed by atoms with E-state index < -0.39 is 39.8 Å². The van der Waals surface area contributed by atoms with Crippen LogP contribution in [0.15, 0.2) is 65.5 Å². The number of nitrogens with one attached hydrogen (secondary N) is 1. The van der Waals surface area contributed by atoms with Crippen molar-refractivity contribution >= 4 is 28.4 Å². The first-order valence-corrected chi connectivity index (χ1v) is 11.0. The topological polar surface area (TPSA) is 59.4 Å². The third-order valence-corrected chi connectivity index (χ3v) is 5.82. The Hall–Kier alpha value is -3.99. The van der Waals surface area contributed by atoms with Gasteiger partial charge in [0.2, 0.25) is 0 Å². The van der Waals surface area contributed by atoms with Gasteiger partial charge in [0.25, 0.3) is 0 Å². The number of hydrogen-bond acceptors (Lipinski definition) is 5. The second-order valence-electron chi connectivity index (χ2n) is 8.11. The van der Waals surface area contributed by atoms with E-state index in [1.54, 1.807) is 4.90 Å². The maximum absolute atomic E-state index is 15.0. The molecule has 1 aliphatic heterocycles. The molecule has 11 heteroatoms. The summed E-state index contributed by atoms with van der Waals surface area (Å²) in [5, 5.41) is 2.00. The molecule has 0 aliphatic carbocycles. The van der Waals surface area contributed by atoms with E-state index in [0.717, 1.165) is 22.8 Å². The lowest BCUT2D eigenvalue weighted by molar-refractivity contribution is -0.136. The minimum absolute atomic E-state index is 0.0364. The fourth-order valence-corrected chi connectivity index (χ4v) is 4.15. The van der Waals surface area contributed by atoms with E-state index in [1.165, 1.54) is 42.5 Å². The number of alkyl halides is 3. The van der Waals surface area contributed by atoms with Gasteiger partial charge in [0.15, 0.2) is 11.1 Å². The first kappa shape index (κ1) is 23.7. The van der Waals surface area contributed by atoms with Crippen LogP contribution >= 0.6 is 0 Å². The molecule has 1 N–H and O–H groups in total. The molecule has 0 bridgehead atoms. The van der Waals surface area contributed by atoms with Crippen molar-refractivity contribution < 1.29 is 26.7 Å². The van der Waals surface area contributed by atoms with Gasteiger partial charge in [0.05, 0.1) is 35.5 Å². The lowest BCUT2D eigenvalue weighted by atomic mass is 10.1. The van der Waals surface area contributed by atoms with E-state index in [-0.39, 0.29) is 49.3 Å². The van der Waals surface area contributed by atoms with E-state index >= 15 is 4.39 Å². The summed E-state index contributed by atoms with van der Waals surface area (Å²) in [5.41, 5.74) is -2.82. The molecule has 0 unspecified atom stereocenters. The Balaban J connectivity index is 1.87. The molecule has 4 aromatic rings. The van der Waals surface area contributed by atoms with Crippen molar-refractivity contribution in [2.24, 2.45) is 0 Å². The highest BCUT2D eigenvalue weighted by Crippen LogP contribution is 2.37. The number of morpholine rings is 1. The number of fused-ring (bicyclic) bond motifs is 1. The molecule has 6 nitrogen and oxygen atoms in total. The molecule has 36 heavy (non-hydrogen) atoms. The summed E-state index contributed by atoms with van der Waals surface area (Å²) in [4.78, 5) is 19.1. The summed E-state index contributed by atoms with van der Waals surface area (Å²) in [6, 6.07) is 12.6. The van der Waals surface area contributed by atoms with E-state index in [2.05, 4.69) is 10.3 Å². The molecular formula is C25H19F5N4O2. The lowest BCUT2D eigenvalue weighted by Gasteiger charge is -2.29. The molecule has 186 valence electrons. The molecule has 0 radical (unpaired) electrons. The van der Waals surface area contributed by atoms with Crippen molar-refractivity contribution in [2.75, 3.05) is 36.5 Å². The van der Waals surface area contributed by atoms with Crippen molar-refractivity contribution in [3.05, 3.63) is 88.1 Å². The summed E-state index contributed by atoms with van der Waals surface area (Å²) in [6.07, 6.45) is -4.89.